The highest BCUT2D eigenvalue weighted by molar-refractivity contribution is 6.15. The summed E-state index contributed by atoms with van der Waals surface area (Å²) in [7, 11) is 0. The molecule has 0 aliphatic rings. The summed E-state index contributed by atoms with van der Waals surface area (Å²) in [5.41, 5.74) is 2.17. The highest BCUT2D eigenvalue weighted by atomic mass is 16.5. The third kappa shape index (κ3) is 5.18. The van der Waals surface area contributed by atoms with Gasteiger partial charge in [-0.3, -0.25) is 9.59 Å². The molecule has 0 aromatic heterocycles. The maximum absolute atomic E-state index is 13.0. The Morgan fingerprint density at radius 3 is 1.53 bits per heavy atom. The van der Waals surface area contributed by atoms with E-state index in [2.05, 4.69) is 10.6 Å². The molecule has 4 rings (SSSR count). The second-order valence-electron chi connectivity index (χ2n) is 7.54. The fourth-order valence-corrected chi connectivity index (χ4v) is 3.73. The topological polar surface area (TPSA) is 76.7 Å². The number of carbonyl (C=O) groups excluding carboxylic acids is 2. The minimum Gasteiger partial charge on any atom is -0.494 e. The smallest absolute Gasteiger partial charge is 0.255 e. The van der Waals surface area contributed by atoms with Crippen molar-refractivity contribution < 1.29 is 19.1 Å². The zero-order valence-corrected chi connectivity index (χ0v) is 19.1. The van der Waals surface area contributed by atoms with Crippen LogP contribution in [0.15, 0.2) is 84.9 Å². The largest absolute Gasteiger partial charge is 0.494 e. The van der Waals surface area contributed by atoms with Crippen LogP contribution in [0.3, 0.4) is 0 Å². The lowest BCUT2D eigenvalue weighted by atomic mass is 10.1. The van der Waals surface area contributed by atoms with E-state index >= 15 is 0 Å². The van der Waals surface area contributed by atoms with Crippen LogP contribution in [0, 0.1) is 0 Å². The maximum Gasteiger partial charge on any atom is 0.255 e. The molecule has 4 aromatic carbocycles. The van der Waals surface area contributed by atoms with E-state index < -0.39 is 0 Å². The van der Waals surface area contributed by atoms with E-state index in [1.165, 1.54) is 0 Å². The van der Waals surface area contributed by atoms with Crippen molar-refractivity contribution in [3.63, 3.8) is 0 Å². The van der Waals surface area contributed by atoms with Gasteiger partial charge >= 0.3 is 0 Å². The van der Waals surface area contributed by atoms with Crippen molar-refractivity contribution >= 4 is 34.0 Å². The van der Waals surface area contributed by atoms with Gasteiger partial charge in [-0.15, -0.1) is 0 Å². The van der Waals surface area contributed by atoms with Gasteiger partial charge in [0.2, 0.25) is 0 Å². The molecule has 172 valence electrons. The Labute approximate surface area is 198 Å². The molecule has 0 bridgehead atoms. The zero-order valence-electron chi connectivity index (χ0n) is 19.1. The third-order valence-corrected chi connectivity index (χ3v) is 5.22. The third-order valence-electron chi connectivity index (χ3n) is 5.22. The molecule has 2 amide bonds. The van der Waals surface area contributed by atoms with Gasteiger partial charge in [0, 0.05) is 16.5 Å². The molecule has 0 spiro atoms. The quantitative estimate of drug-likeness (QED) is 0.335. The van der Waals surface area contributed by atoms with E-state index in [1.54, 1.807) is 36.4 Å². The SMILES string of the molecule is CCOc1cccc(C(=O)Nc2cccc3cccc(NC(=O)c4cccc(OCC)c4)c23)c1. The van der Waals surface area contributed by atoms with Crippen LogP contribution < -0.4 is 20.1 Å². The van der Waals surface area contributed by atoms with Crippen LogP contribution in [-0.2, 0) is 0 Å². The van der Waals surface area contributed by atoms with E-state index in [0.717, 1.165) is 10.8 Å². The minimum absolute atomic E-state index is 0.264. The summed E-state index contributed by atoms with van der Waals surface area (Å²) in [5, 5.41) is 7.60. The molecule has 4 aromatic rings. The lowest BCUT2D eigenvalue weighted by molar-refractivity contribution is 0.101. The highest BCUT2D eigenvalue weighted by Gasteiger charge is 2.14. The Morgan fingerprint density at radius 2 is 1.09 bits per heavy atom. The van der Waals surface area contributed by atoms with Gasteiger partial charge in [-0.05, 0) is 67.8 Å². The lowest BCUT2D eigenvalue weighted by Crippen LogP contribution is -2.15. The van der Waals surface area contributed by atoms with Crippen LogP contribution in [0.25, 0.3) is 10.8 Å². The minimum atomic E-state index is -0.264. The molecule has 0 unspecified atom stereocenters. The van der Waals surface area contributed by atoms with Crippen molar-refractivity contribution in [1.82, 2.24) is 0 Å². The predicted molar refractivity (Wildman–Crippen MR) is 135 cm³/mol. The summed E-state index contributed by atoms with van der Waals surface area (Å²) < 4.78 is 11.0. The fraction of sp³-hybridized carbons (Fsp3) is 0.143. The van der Waals surface area contributed by atoms with Crippen LogP contribution >= 0.6 is 0 Å². The molecule has 0 saturated heterocycles. The normalized spacial score (nSPS) is 10.5. The number of carbonyl (C=O) groups is 2. The van der Waals surface area contributed by atoms with E-state index in [1.807, 2.05) is 62.4 Å². The number of anilines is 2. The first-order chi connectivity index (χ1) is 16.6. The average molecular weight is 455 g/mol. The summed E-state index contributed by atoms with van der Waals surface area (Å²) in [6.45, 7) is 4.83. The zero-order chi connectivity index (χ0) is 23.9. The van der Waals surface area contributed by atoms with Crippen LogP contribution in [0.5, 0.6) is 11.5 Å². The van der Waals surface area contributed by atoms with Crippen LogP contribution in [0.2, 0.25) is 0 Å². The van der Waals surface area contributed by atoms with Crippen molar-refractivity contribution in [2.75, 3.05) is 23.8 Å². The Balaban J connectivity index is 1.64. The number of ether oxygens (including phenoxy) is 2. The molecule has 6 nitrogen and oxygen atoms in total. The van der Waals surface area contributed by atoms with E-state index in [9.17, 15) is 9.59 Å². The number of hydrogen-bond donors (Lipinski definition) is 2. The second-order valence-corrected chi connectivity index (χ2v) is 7.54. The van der Waals surface area contributed by atoms with Gasteiger partial charge in [0.25, 0.3) is 11.8 Å². The molecule has 0 aliphatic heterocycles. The number of amides is 2. The average Bonchev–Trinajstić information content (AvgIpc) is 2.85. The molecule has 0 saturated carbocycles. The van der Waals surface area contributed by atoms with Gasteiger partial charge in [0.15, 0.2) is 0 Å². The fourth-order valence-electron chi connectivity index (χ4n) is 3.73. The molecule has 0 heterocycles. The van der Waals surface area contributed by atoms with Gasteiger partial charge in [0.1, 0.15) is 11.5 Å². The van der Waals surface area contributed by atoms with Crippen molar-refractivity contribution in [3.8, 4) is 11.5 Å². The summed E-state index contributed by atoms with van der Waals surface area (Å²) in [5.74, 6) is 0.741. The van der Waals surface area contributed by atoms with Gasteiger partial charge in [-0.25, -0.2) is 0 Å². The molecule has 34 heavy (non-hydrogen) atoms. The lowest BCUT2D eigenvalue weighted by Gasteiger charge is -2.14. The molecule has 0 fully saturated rings. The van der Waals surface area contributed by atoms with Gasteiger partial charge in [-0.1, -0.05) is 36.4 Å². The Kier molecular flexibility index (Phi) is 7.08. The molecule has 0 aliphatic carbocycles. The van der Waals surface area contributed by atoms with Crippen LogP contribution in [0.1, 0.15) is 34.6 Å². The number of fused-ring (bicyclic) bond motifs is 1. The summed E-state index contributed by atoms with van der Waals surface area (Å²) in [6, 6.07) is 25.3. The van der Waals surface area contributed by atoms with Gasteiger partial charge < -0.3 is 20.1 Å². The summed E-state index contributed by atoms with van der Waals surface area (Å²) >= 11 is 0. The summed E-state index contributed by atoms with van der Waals surface area (Å²) in [4.78, 5) is 26.0. The Hall–Kier alpha value is -4.32. The van der Waals surface area contributed by atoms with Crippen molar-refractivity contribution in [2.24, 2.45) is 0 Å². The van der Waals surface area contributed by atoms with Crippen molar-refractivity contribution in [2.45, 2.75) is 13.8 Å². The first-order valence-corrected chi connectivity index (χ1v) is 11.2. The van der Waals surface area contributed by atoms with Crippen molar-refractivity contribution in [1.29, 1.82) is 0 Å². The molecule has 0 radical (unpaired) electrons. The first-order valence-electron chi connectivity index (χ1n) is 11.2. The monoisotopic (exact) mass is 454 g/mol. The van der Waals surface area contributed by atoms with Gasteiger partial charge in [-0.2, -0.15) is 0 Å². The molecular weight excluding hydrogens is 428 g/mol. The van der Waals surface area contributed by atoms with Gasteiger partial charge in [0.05, 0.1) is 24.6 Å². The number of benzene rings is 4. The molecule has 6 heteroatoms. The van der Waals surface area contributed by atoms with Crippen LogP contribution in [0.4, 0.5) is 11.4 Å². The Bertz CT molecular complexity index is 1230. The second kappa shape index (κ2) is 10.5. The van der Waals surface area contributed by atoms with Crippen molar-refractivity contribution in [3.05, 3.63) is 96.1 Å². The number of rotatable bonds is 8. The maximum atomic E-state index is 13.0. The Morgan fingerprint density at radius 1 is 0.647 bits per heavy atom. The highest BCUT2D eigenvalue weighted by Crippen LogP contribution is 2.32. The molecule has 0 atom stereocenters. The van der Waals surface area contributed by atoms with E-state index in [-0.39, 0.29) is 11.8 Å². The first kappa shape index (κ1) is 22.9. The summed E-state index contributed by atoms with van der Waals surface area (Å²) in [6.07, 6.45) is 0. The molecular formula is C28H26N2O4. The number of hydrogen-bond acceptors (Lipinski definition) is 4. The predicted octanol–water partition coefficient (Wildman–Crippen LogP) is 6.14. The van der Waals surface area contributed by atoms with E-state index in [4.69, 9.17) is 9.47 Å². The number of nitrogens with one attached hydrogen (secondary N) is 2. The standard InChI is InChI=1S/C28H26N2O4/c1-3-33-22-13-5-11-20(17-22)27(31)29-24-15-7-9-19-10-8-16-25(26(19)24)30-28(32)21-12-6-14-23(18-21)34-4-2/h5-18H,3-4H2,1-2H3,(H,29,31)(H,30,32). The van der Waals surface area contributed by atoms with E-state index in [0.29, 0.717) is 47.2 Å². The van der Waals surface area contributed by atoms with Crippen LogP contribution in [-0.4, -0.2) is 25.0 Å². The molecule has 2 N–H and O–H groups in total.